The lowest BCUT2D eigenvalue weighted by atomic mass is 10.0. The molecule has 0 aromatic rings. The lowest BCUT2D eigenvalue weighted by molar-refractivity contribution is -0.870. The predicted molar refractivity (Wildman–Crippen MR) is 344 cm³/mol. The number of nitrogens with zero attached hydrogens (tertiary/aromatic N) is 1. The first-order chi connectivity index (χ1) is 39.0. The van der Waals surface area contributed by atoms with Crippen molar-refractivity contribution in [3.05, 3.63) is 72.9 Å². The molecule has 1 N–H and O–H groups in total. The van der Waals surface area contributed by atoms with Crippen LogP contribution < -0.4 is 0 Å². The van der Waals surface area contributed by atoms with E-state index in [1.54, 1.807) is 0 Å². The molecule has 0 aliphatic carbocycles. The van der Waals surface area contributed by atoms with Crippen LogP contribution in [0, 0.1) is 0 Å². The van der Waals surface area contributed by atoms with Crippen molar-refractivity contribution in [2.45, 2.75) is 315 Å². The van der Waals surface area contributed by atoms with Gasteiger partial charge in [0, 0.05) is 12.8 Å². The van der Waals surface area contributed by atoms with E-state index in [2.05, 4.69) is 86.8 Å². The van der Waals surface area contributed by atoms with Crippen molar-refractivity contribution in [2.24, 2.45) is 0 Å². The van der Waals surface area contributed by atoms with E-state index >= 15 is 0 Å². The molecule has 9 nitrogen and oxygen atoms in total. The van der Waals surface area contributed by atoms with E-state index < -0.39 is 26.5 Å². The first kappa shape index (κ1) is 77.5. The minimum Gasteiger partial charge on any atom is -0.462 e. The number of allylic oxidation sites excluding steroid dienone is 12. The van der Waals surface area contributed by atoms with Crippen LogP contribution in [-0.4, -0.2) is 74.9 Å². The minimum absolute atomic E-state index is 0.0312. The molecule has 0 aromatic heterocycles. The fourth-order valence-corrected chi connectivity index (χ4v) is 10.3. The third kappa shape index (κ3) is 64.6. The van der Waals surface area contributed by atoms with E-state index in [0.717, 1.165) is 64.2 Å². The largest absolute Gasteiger partial charge is 0.472 e. The molecule has 0 heterocycles. The van der Waals surface area contributed by atoms with Crippen LogP contribution >= 0.6 is 7.82 Å². The predicted octanol–water partition coefficient (Wildman–Crippen LogP) is 21.6. The lowest BCUT2D eigenvalue weighted by Gasteiger charge is -2.24. The first-order valence-electron chi connectivity index (χ1n) is 33.7. The van der Waals surface area contributed by atoms with Crippen LogP contribution in [0.2, 0.25) is 0 Å². The highest BCUT2D eigenvalue weighted by atomic mass is 31.2. The molecule has 2 atom stereocenters. The number of rotatable bonds is 62. The molecular weight excluding hydrogens is 1010 g/mol. The molecule has 0 fully saturated rings. The second-order valence-corrected chi connectivity index (χ2v) is 25.3. The van der Waals surface area contributed by atoms with Crippen LogP contribution in [0.1, 0.15) is 309 Å². The van der Waals surface area contributed by atoms with Crippen LogP contribution in [0.3, 0.4) is 0 Å². The minimum atomic E-state index is -4.39. The normalized spacial score (nSPS) is 13.6. The van der Waals surface area contributed by atoms with Gasteiger partial charge in [-0.15, -0.1) is 0 Å². The molecular formula is C70H129NO8P+. The number of phosphoric ester groups is 1. The quantitative estimate of drug-likeness (QED) is 0.0211. The fraction of sp³-hybridized carbons (Fsp3) is 0.800. The molecule has 0 spiro atoms. The van der Waals surface area contributed by atoms with Gasteiger partial charge in [-0.25, -0.2) is 4.57 Å². The summed E-state index contributed by atoms with van der Waals surface area (Å²) in [7, 11) is 1.48. The molecule has 0 aliphatic heterocycles. The molecule has 0 radical (unpaired) electrons. The van der Waals surface area contributed by atoms with Crippen LogP contribution in [0.4, 0.5) is 0 Å². The maximum absolute atomic E-state index is 12.9. The van der Waals surface area contributed by atoms with Crippen molar-refractivity contribution >= 4 is 19.8 Å². The fourth-order valence-electron chi connectivity index (χ4n) is 9.57. The number of phosphoric acid groups is 1. The van der Waals surface area contributed by atoms with Gasteiger partial charge in [-0.1, -0.05) is 286 Å². The number of ether oxygens (including phenoxy) is 2. The highest BCUT2D eigenvalue weighted by Gasteiger charge is 2.27. The molecule has 0 bridgehead atoms. The Labute approximate surface area is 495 Å². The van der Waals surface area contributed by atoms with Crippen LogP contribution in [0.5, 0.6) is 0 Å². The molecule has 2 unspecified atom stereocenters. The Morgan fingerprint density at radius 2 is 0.713 bits per heavy atom. The maximum Gasteiger partial charge on any atom is 0.472 e. The number of hydrogen-bond donors (Lipinski definition) is 1. The van der Waals surface area contributed by atoms with Crippen LogP contribution in [0.25, 0.3) is 0 Å². The zero-order valence-electron chi connectivity index (χ0n) is 53.1. The maximum atomic E-state index is 12.9. The Morgan fingerprint density at radius 3 is 1.06 bits per heavy atom. The van der Waals surface area contributed by atoms with E-state index in [0.29, 0.717) is 17.4 Å². The summed E-state index contributed by atoms with van der Waals surface area (Å²) in [6.07, 6.45) is 81.5. The van der Waals surface area contributed by atoms with Gasteiger partial charge in [0.2, 0.25) is 0 Å². The Hall–Kier alpha value is -2.55. The van der Waals surface area contributed by atoms with Gasteiger partial charge in [-0.05, 0) is 83.5 Å². The van der Waals surface area contributed by atoms with E-state index in [9.17, 15) is 19.0 Å². The second-order valence-electron chi connectivity index (χ2n) is 23.8. The topological polar surface area (TPSA) is 108 Å². The average Bonchev–Trinajstić information content (AvgIpc) is 3.42. The average molecular weight is 1140 g/mol. The van der Waals surface area contributed by atoms with Crippen molar-refractivity contribution in [3.8, 4) is 0 Å². The summed E-state index contributed by atoms with van der Waals surface area (Å²) in [6, 6.07) is 0. The third-order valence-corrected chi connectivity index (χ3v) is 15.7. The van der Waals surface area contributed by atoms with Crippen molar-refractivity contribution < 1.29 is 42.1 Å². The number of carbonyl (C=O) groups excluding carboxylic acids is 2. The zero-order chi connectivity index (χ0) is 58.4. The summed E-state index contributed by atoms with van der Waals surface area (Å²) in [6.45, 7) is 4.33. The third-order valence-electron chi connectivity index (χ3n) is 14.7. The standard InChI is InChI=1S/C70H128NO8P/c1-6-8-10-12-14-16-18-20-22-24-26-27-28-29-30-31-32-33-34-35-36-37-38-39-40-41-42-43-45-47-49-51-53-55-57-59-61-63-70(73)79-68(67-78-80(74,75)77-65-64-71(3,4)5)66-76-69(72)62-60-58-56-54-52-50-48-46-44-25-23-21-19-17-15-13-11-9-7-2/h8,10,14-17,20-23,26-27,68H,6-7,9,11-13,18-19,24-25,28-67H2,1-5H3/p+1/b10-8-,16-14-,17-15-,22-20-,23-21-,27-26-. The van der Waals surface area contributed by atoms with Crippen molar-refractivity contribution in [1.82, 2.24) is 0 Å². The highest BCUT2D eigenvalue weighted by molar-refractivity contribution is 7.47. The second kappa shape index (κ2) is 61.0. The van der Waals surface area contributed by atoms with Crippen molar-refractivity contribution in [2.75, 3.05) is 47.5 Å². The monoisotopic (exact) mass is 1140 g/mol. The SMILES string of the molecule is CC/C=C\C/C=C\C/C=C\C/C=C\CCCCCCCCCCCCCCCCCCCCCCCCCCC(=O)OC(COC(=O)CCCCCCCCCCC/C=C\C/C=C\CCCCC)COP(=O)(O)OCC[N+](C)(C)C. The Balaban J connectivity index is 3.96. The lowest BCUT2D eigenvalue weighted by Crippen LogP contribution is -2.37. The van der Waals surface area contributed by atoms with E-state index in [-0.39, 0.29) is 32.0 Å². The van der Waals surface area contributed by atoms with Crippen LogP contribution in [-0.2, 0) is 32.7 Å². The molecule has 10 heteroatoms. The molecule has 80 heavy (non-hydrogen) atoms. The summed E-state index contributed by atoms with van der Waals surface area (Å²) in [4.78, 5) is 35.8. The molecule has 0 amide bonds. The Bertz CT molecular complexity index is 1580. The number of carbonyl (C=O) groups is 2. The van der Waals surface area contributed by atoms with Gasteiger partial charge < -0.3 is 18.9 Å². The van der Waals surface area contributed by atoms with Gasteiger partial charge in [0.1, 0.15) is 19.8 Å². The smallest absolute Gasteiger partial charge is 0.462 e. The summed E-state index contributed by atoms with van der Waals surface area (Å²) in [5, 5.41) is 0. The summed E-state index contributed by atoms with van der Waals surface area (Å²) in [5.74, 6) is -0.790. The number of esters is 2. The van der Waals surface area contributed by atoms with Gasteiger partial charge in [-0.2, -0.15) is 0 Å². The Morgan fingerprint density at radius 1 is 0.400 bits per heavy atom. The highest BCUT2D eigenvalue weighted by Crippen LogP contribution is 2.43. The number of likely N-dealkylation sites (N-methyl/N-ethyl adjacent to an activating group) is 1. The molecule has 0 saturated carbocycles. The van der Waals surface area contributed by atoms with Gasteiger partial charge in [-0.3, -0.25) is 18.6 Å². The molecule has 466 valence electrons. The van der Waals surface area contributed by atoms with Gasteiger partial charge in [0.25, 0.3) is 0 Å². The zero-order valence-corrected chi connectivity index (χ0v) is 54.0. The summed E-state index contributed by atoms with van der Waals surface area (Å²) in [5.41, 5.74) is 0. The van der Waals surface area contributed by atoms with Gasteiger partial charge in [0.15, 0.2) is 6.10 Å². The van der Waals surface area contributed by atoms with E-state index in [1.807, 2.05) is 21.1 Å². The molecule has 0 aromatic carbocycles. The van der Waals surface area contributed by atoms with Gasteiger partial charge in [0.05, 0.1) is 27.7 Å². The van der Waals surface area contributed by atoms with Crippen LogP contribution in [0.15, 0.2) is 72.9 Å². The van der Waals surface area contributed by atoms with Gasteiger partial charge >= 0.3 is 19.8 Å². The van der Waals surface area contributed by atoms with Crippen molar-refractivity contribution in [3.63, 3.8) is 0 Å². The Kier molecular flexibility index (Phi) is 59.1. The number of quaternary nitrogens is 1. The molecule has 0 rings (SSSR count). The van der Waals surface area contributed by atoms with E-state index in [4.69, 9.17) is 18.5 Å². The summed E-state index contributed by atoms with van der Waals surface area (Å²) < 4.78 is 34.7. The first-order valence-corrected chi connectivity index (χ1v) is 35.2. The molecule has 0 aliphatic rings. The summed E-state index contributed by atoms with van der Waals surface area (Å²) >= 11 is 0. The van der Waals surface area contributed by atoms with E-state index in [1.165, 1.54) is 212 Å². The molecule has 0 saturated heterocycles. The number of hydrogen-bond acceptors (Lipinski definition) is 7. The van der Waals surface area contributed by atoms with Crippen molar-refractivity contribution in [1.29, 1.82) is 0 Å². The number of unbranched alkanes of at least 4 members (excludes halogenated alkanes) is 36.